The highest BCUT2D eigenvalue weighted by atomic mass is 19.1. The maximum atomic E-state index is 15.2. The van der Waals surface area contributed by atoms with E-state index >= 15 is 4.39 Å². The predicted octanol–water partition coefficient (Wildman–Crippen LogP) is 5.69. The van der Waals surface area contributed by atoms with Gasteiger partial charge in [-0.3, -0.25) is 0 Å². The van der Waals surface area contributed by atoms with E-state index < -0.39 is 6.17 Å². The third-order valence-corrected chi connectivity index (χ3v) is 8.95. The van der Waals surface area contributed by atoms with Crippen molar-refractivity contribution in [1.29, 1.82) is 0 Å². The fourth-order valence-corrected chi connectivity index (χ4v) is 7.67. The molecule has 4 unspecified atom stereocenters. The zero-order chi connectivity index (χ0) is 16.5. The summed E-state index contributed by atoms with van der Waals surface area (Å²) in [5.74, 6) is 3.16. The summed E-state index contributed by atoms with van der Waals surface area (Å²) in [6.45, 7) is 5.68. The van der Waals surface area contributed by atoms with Gasteiger partial charge in [0.1, 0.15) is 6.17 Å². The minimum atomic E-state index is -0.570. The molecule has 0 N–H and O–H groups in total. The molecule has 1 heterocycles. The molecule has 1 saturated heterocycles. The molecule has 0 radical (unpaired) electrons. The molecule has 24 heavy (non-hydrogen) atoms. The molecule has 0 amide bonds. The maximum absolute atomic E-state index is 15.2. The van der Waals surface area contributed by atoms with Crippen molar-refractivity contribution >= 4 is 0 Å². The number of ether oxygens (including phenoxy) is 1. The zero-order valence-corrected chi connectivity index (χ0v) is 15.4. The fraction of sp³-hybridized carbons (Fsp3) is 0.909. The summed E-state index contributed by atoms with van der Waals surface area (Å²) in [6.07, 6.45) is 12.7. The van der Waals surface area contributed by atoms with E-state index in [2.05, 4.69) is 19.9 Å². The van der Waals surface area contributed by atoms with E-state index in [0.717, 1.165) is 37.7 Å². The first-order valence-corrected chi connectivity index (χ1v) is 10.5. The Bertz CT molecular complexity index is 550. The molecule has 0 bridgehead atoms. The largest absolute Gasteiger partial charge is 0.370 e. The third kappa shape index (κ3) is 2.14. The van der Waals surface area contributed by atoms with Crippen LogP contribution in [0, 0.1) is 35.0 Å². The lowest BCUT2D eigenvalue weighted by Gasteiger charge is -2.56. The molecule has 5 fully saturated rings. The van der Waals surface area contributed by atoms with E-state index in [1.165, 1.54) is 38.5 Å². The van der Waals surface area contributed by atoms with Crippen LogP contribution in [0.1, 0.15) is 71.6 Å². The molecule has 4 aliphatic carbocycles. The van der Waals surface area contributed by atoms with Crippen molar-refractivity contribution in [2.45, 2.75) is 83.4 Å². The van der Waals surface area contributed by atoms with Gasteiger partial charge in [0.15, 0.2) is 0 Å². The Labute approximate surface area is 146 Å². The van der Waals surface area contributed by atoms with Crippen LogP contribution in [0.25, 0.3) is 0 Å². The highest BCUT2D eigenvalue weighted by Gasteiger charge is 2.60. The summed E-state index contributed by atoms with van der Waals surface area (Å²) >= 11 is 0. The summed E-state index contributed by atoms with van der Waals surface area (Å²) in [7, 11) is 0. The zero-order valence-electron chi connectivity index (χ0n) is 15.4. The lowest BCUT2D eigenvalue weighted by Crippen LogP contribution is -2.52. The molecule has 1 aliphatic heterocycles. The van der Waals surface area contributed by atoms with Crippen molar-refractivity contribution in [2.24, 2.45) is 35.0 Å². The van der Waals surface area contributed by atoms with Crippen molar-refractivity contribution in [2.75, 3.05) is 6.61 Å². The smallest absolute Gasteiger partial charge is 0.104 e. The molecule has 5 rings (SSSR count). The van der Waals surface area contributed by atoms with Gasteiger partial charge < -0.3 is 4.74 Å². The molecular weight excluding hydrogens is 299 g/mol. The van der Waals surface area contributed by atoms with Crippen LogP contribution in [0.2, 0.25) is 0 Å². The van der Waals surface area contributed by atoms with Crippen LogP contribution in [0.3, 0.4) is 0 Å². The Balaban J connectivity index is 1.41. The summed E-state index contributed by atoms with van der Waals surface area (Å²) in [6, 6.07) is 0. The van der Waals surface area contributed by atoms with Crippen LogP contribution in [0.15, 0.2) is 11.6 Å². The molecular formula is C22H33FO. The van der Waals surface area contributed by atoms with Crippen molar-refractivity contribution in [3.05, 3.63) is 11.6 Å². The third-order valence-electron chi connectivity index (χ3n) is 8.95. The molecule has 4 saturated carbocycles. The normalized spacial score (nSPS) is 57.5. The Morgan fingerprint density at radius 3 is 2.62 bits per heavy atom. The van der Waals surface area contributed by atoms with Gasteiger partial charge in [0.25, 0.3) is 0 Å². The number of allylic oxidation sites excluding steroid dienone is 2. The van der Waals surface area contributed by atoms with E-state index in [1.807, 2.05) is 0 Å². The van der Waals surface area contributed by atoms with Crippen LogP contribution in [0.5, 0.6) is 0 Å². The van der Waals surface area contributed by atoms with Crippen molar-refractivity contribution < 1.29 is 9.13 Å². The minimum absolute atomic E-state index is 0.117. The predicted molar refractivity (Wildman–Crippen MR) is 94.4 cm³/mol. The molecule has 0 aromatic rings. The van der Waals surface area contributed by atoms with Gasteiger partial charge in [0.2, 0.25) is 0 Å². The topological polar surface area (TPSA) is 12.5 Å². The Morgan fingerprint density at radius 2 is 1.88 bits per heavy atom. The van der Waals surface area contributed by atoms with Gasteiger partial charge in [0, 0.05) is 0 Å². The lowest BCUT2D eigenvalue weighted by atomic mass is 9.49. The lowest BCUT2D eigenvalue weighted by molar-refractivity contribution is -0.0875. The van der Waals surface area contributed by atoms with E-state index in [9.17, 15) is 0 Å². The van der Waals surface area contributed by atoms with Crippen molar-refractivity contribution in [3.8, 4) is 0 Å². The number of alkyl halides is 1. The van der Waals surface area contributed by atoms with Crippen LogP contribution in [0.4, 0.5) is 4.39 Å². The molecule has 1 nitrogen and oxygen atoms in total. The van der Waals surface area contributed by atoms with Crippen LogP contribution in [-0.4, -0.2) is 18.4 Å². The maximum Gasteiger partial charge on any atom is 0.104 e. The first-order chi connectivity index (χ1) is 11.6. The fourth-order valence-electron chi connectivity index (χ4n) is 7.67. The van der Waals surface area contributed by atoms with E-state index in [4.69, 9.17) is 4.74 Å². The molecule has 5 aliphatic rings. The highest BCUT2D eigenvalue weighted by molar-refractivity contribution is 5.24. The number of epoxide rings is 1. The standard InChI is InChI=1S/C22H33FO/c1-3-4-14-5-6-19-17-11-20(23)18-12-22(13-24-22)10-8-16(18)15(17)7-9-21(14,19)2/h4,15-20H,3,5-13H2,1-2H3/b14-4-/t15-,16?,17?,18?,19+,20-,21-,22?/m1/s1. The molecule has 1 spiro atoms. The van der Waals surface area contributed by atoms with E-state index in [1.54, 1.807) is 5.57 Å². The number of hydrogen-bond acceptors (Lipinski definition) is 1. The molecule has 8 atom stereocenters. The van der Waals surface area contributed by atoms with Gasteiger partial charge in [-0.05, 0) is 92.8 Å². The highest BCUT2D eigenvalue weighted by Crippen LogP contribution is 2.65. The molecule has 0 aromatic carbocycles. The quantitative estimate of drug-likeness (QED) is 0.444. The SMILES string of the molecule is CC/C=C1/CC[C@H]2C3C[C@@H](F)C4CC5(CCC4[C@H]3CC[C@]12C)CO5. The Kier molecular flexibility index (Phi) is 3.51. The number of halogens is 1. The van der Waals surface area contributed by atoms with Crippen molar-refractivity contribution in [1.82, 2.24) is 0 Å². The van der Waals surface area contributed by atoms with E-state index in [0.29, 0.717) is 23.2 Å². The summed E-state index contributed by atoms with van der Waals surface area (Å²) in [4.78, 5) is 0. The second-order valence-corrected chi connectivity index (χ2v) is 9.86. The van der Waals surface area contributed by atoms with Crippen LogP contribution < -0.4 is 0 Å². The second-order valence-electron chi connectivity index (χ2n) is 9.86. The van der Waals surface area contributed by atoms with Gasteiger partial charge in [0.05, 0.1) is 12.2 Å². The van der Waals surface area contributed by atoms with Gasteiger partial charge >= 0.3 is 0 Å². The monoisotopic (exact) mass is 332 g/mol. The van der Waals surface area contributed by atoms with Gasteiger partial charge in [-0.1, -0.05) is 25.5 Å². The first-order valence-electron chi connectivity index (χ1n) is 10.5. The Morgan fingerprint density at radius 1 is 1.12 bits per heavy atom. The number of hydrogen-bond donors (Lipinski definition) is 0. The second kappa shape index (κ2) is 5.32. The summed E-state index contributed by atoms with van der Waals surface area (Å²) in [5.41, 5.74) is 2.21. The summed E-state index contributed by atoms with van der Waals surface area (Å²) in [5, 5.41) is 0. The molecule has 134 valence electrons. The molecule has 0 aromatic heterocycles. The van der Waals surface area contributed by atoms with Gasteiger partial charge in [-0.15, -0.1) is 0 Å². The average Bonchev–Trinajstić information content (AvgIpc) is 3.23. The number of fused-ring (bicyclic) bond motifs is 5. The minimum Gasteiger partial charge on any atom is -0.370 e. The van der Waals surface area contributed by atoms with Crippen LogP contribution >= 0.6 is 0 Å². The Hall–Kier alpha value is -0.370. The van der Waals surface area contributed by atoms with Gasteiger partial charge in [-0.25, -0.2) is 4.39 Å². The van der Waals surface area contributed by atoms with Gasteiger partial charge in [-0.2, -0.15) is 0 Å². The molecule has 2 heteroatoms. The first kappa shape index (κ1) is 15.9. The van der Waals surface area contributed by atoms with E-state index in [-0.39, 0.29) is 5.60 Å². The van der Waals surface area contributed by atoms with Crippen LogP contribution in [-0.2, 0) is 4.74 Å². The van der Waals surface area contributed by atoms with Crippen molar-refractivity contribution in [3.63, 3.8) is 0 Å². The number of rotatable bonds is 1. The average molecular weight is 333 g/mol. The summed E-state index contributed by atoms with van der Waals surface area (Å²) < 4.78 is 20.9.